The minimum Gasteiger partial charge on any atom is -0.363 e. The van der Waals surface area contributed by atoms with Gasteiger partial charge in [-0.15, -0.1) is 0 Å². The van der Waals surface area contributed by atoms with Gasteiger partial charge < -0.3 is 10.2 Å². The van der Waals surface area contributed by atoms with Gasteiger partial charge in [-0.05, 0) is 41.8 Å². The van der Waals surface area contributed by atoms with Crippen molar-refractivity contribution in [3.63, 3.8) is 0 Å². The summed E-state index contributed by atoms with van der Waals surface area (Å²) in [6, 6.07) is 2.64. The van der Waals surface area contributed by atoms with Gasteiger partial charge in [-0.1, -0.05) is 13.8 Å². The third kappa shape index (κ3) is 3.14. The van der Waals surface area contributed by atoms with Gasteiger partial charge in [0.15, 0.2) is 0 Å². The van der Waals surface area contributed by atoms with Crippen LogP contribution in [0.15, 0.2) is 16.6 Å². The van der Waals surface area contributed by atoms with Crippen molar-refractivity contribution in [2.45, 2.75) is 39.3 Å². The molecule has 1 aromatic carbocycles. The van der Waals surface area contributed by atoms with Crippen LogP contribution in [0.25, 0.3) is 0 Å². The SMILES string of the molecule is CC(C)C1CNC(C)(C)CN1c1cc(F)c(Br)cc1F. The van der Waals surface area contributed by atoms with Crippen LogP contribution in [0.2, 0.25) is 0 Å². The molecule has 2 nitrogen and oxygen atoms in total. The number of rotatable bonds is 2. The topological polar surface area (TPSA) is 15.3 Å². The van der Waals surface area contributed by atoms with Gasteiger partial charge in [-0.25, -0.2) is 8.78 Å². The fourth-order valence-corrected chi connectivity index (χ4v) is 3.00. The minimum atomic E-state index is -0.430. The number of halogens is 3. The van der Waals surface area contributed by atoms with Crippen molar-refractivity contribution < 1.29 is 8.78 Å². The van der Waals surface area contributed by atoms with Crippen LogP contribution >= 0.6 is 15.9 Å². The van der Waals surface area contributed by atoms with Crippen molar-refractivity contribution in [2.75, 3.05) is 18.0 Å². The Labute approximate surface area is 127 Å². The Hall–Kier alpha value is -0.680. The predicted molar refractivity (Wildman–Crippen MR) is 82.1 cm³/mol. The van der Waals surface area contributed by atoms with E-state index in [1.165, 1.54) is 12.1 Å². The van der Waals surface area contributed by atoms with Gasteiger partial charge in [0.25, 0.3) is 0 Å². The van der Waals surface area contributed by atoms with Crippen LogP contribution in [0.3, 0.4) is 0 Å². The maximum absolute atomic E-state index is 14.2. The standard InChI is InChI=1S/C15H21BrF2N2/c1-9(2)14-7-19-15(3,4)8-20(14)13-6-11(17)10(16)5-12(13)18/h5-6,9,14,19H,7-8H2,1-4H3. The van der Waals surface area contributed by atoms with Crippen LogP contribution < -0.4 is 10.2 Å². The lowest BCUT2D eigenvalue weighted by molar-refractivity contribution is 0.275. The van der Waals surface area contributed by atoms with Crippen LogP contribution in [-0.4, -0.2) is 24.7 Å². The first-order valence-electron chi connectivity index (χ1n) is 6.87. The molecule has 1 fully saturated rings. The molecule has 1 aromatic rings. The number of nitrogens with zero attached hydrogens (tertiary/aromatic N) is 1. The first-order valence-corrected chi connectivity index (χ1v) is 7.67. The molecule has 0 amide bonds. The predicted octanol–water partition coefficient (Wildman–Crippen LogP) is 3.94. The molecule has 112 valence electrons. The third-order valence-electron chi connectivity index (χ3n) is 3.82. The van der Waals surface area contributed by atoms with Gasteiger partial charge >= 0.3 is 0 Å². The largest absolute Gasteiger partial charge is 0.363 e. The van der Waals surface area contributed by atoms with E-state index in [2.05, 4.69) is 48.9 Å². The van der Waals surface area contributed by atoms with Crippen LogP contribution in [-0.2, 0) is 0 Å². The molecule has 0 radical (unpaired) electrons. The maximum atomic E-state index is 14.2. The molecule has 1 N–H and O–H groups in total. The molecular weight excluding hydrogens is 326 g/mol. The van der Waals surface area contributed by atoms with E-state index in [4.69, 9.17) is 0 Å². The first-order chi connectivity index (χ1) is 9.21. The van der Waals surface area contributed by atoms with E-state index in [1.54, 1.807) is 0 Å². The summed E-state index contributed by atoms with van der Waals surface area (Å²) in [5.74, 6) is -0.466. The molecule has 20 heavy (non-hydrogen) atoms. The van der Waals surface area contributed by atoms with E-state index in [-0.39, 0.29) is 21.9 Å². The first kappa shape index (κ1) is 15.7. The molecule has 1 aliphatic rings. The summed E-state index contributed by atoms with van der Waals surface area (Å²) in [5, 5.41) is 3.47. The van der Waals surface area contributed by atoms with Crippen LogP contribution in [0, 0.1) is 17.6 Å². The van der Waals surface area contributed by atoms with Crippen molar-refractivity contribution >= 4 is 21.6 Å². The van der Waals surface area contributed by atoms with Gasteiger partial charge in [0.2, 0.25) is 0 Å². The number of hydrogen-bond acceptors (Lipinski definition) is 2. The zero-order chi connectivity index (χ0) is 15.1. The molecule has 5 heteroatoms. The highest BCUT2D eigenvalue weighted by Gasteiger charge is 2.35. The Morgan fingerprint density at radius 2 is 1.95 bits per heavy atom. The van der Waals surface area contributed by atoms with Gasteiger partial charge in [0.05, 0.1) is 10.2 Å². The van der Waals surface area contributed by atoms with Crippen molar-refractivity contribution in [2.24, 2.45) is 5.92 Å². The van der Waals surface area contributed by atoms with Crippen molar-refractivity contribution in [3.05, 3.63) is 28.2 Å². The van der Waals surface area contributed by atoms with Crippen LogP contribution in [0.1, 0.15) is 27.7 Å². The summed E-state index contributed by atoms with van der Waals surface area (Å²) in [5.41, 5.74) is 0.223. The minimum absolute atomic E-state index is 0.124. The zero-order valence-corrected chi connectivity index (χ0v) is 13.9. The monoisotopic (exact) mass is 346 g/mol. The number of piperazine rings is 1. The number of nitrogens with one attached hydrogen (secondary N) is 1. The molecule has 1 saturated heterocycles. The summed E-state index contributed by atoms with van der Waals surface area (Å²) in [6.45, 7) is 9.76. The molecule has 1 heterocycles. The molecule has 0 aromatic heterocycles. The quantitative estimate of drug-likeness (QED) is 0.816. The third-order valence-corrected chi connectivity index (χ3v) is 4.43. The van der Waals surface area contributed by atoms with E-state index < -0.39 is 5.82 Å². The molecule has 1 unspecified atom stereocenters. The summed E-state index contributed by atoms with van der Waals surface area (Å²) in [7, 11) is 0. The normalized spacial score (nSPS) is 22.4. The highest BCUT2D eigenvalue weighted by molar-refractivity contribution is 9.10. The van der Waals surface area contributed by atoms with Gasteiger partial charge in [-0.3, -0.25) is 0 Å². The van der Waals surface area contributed by atoms with E-state index in [0.717, 1.165) is 6.54 Å². The van der Waals surface area contributed by atoms with E-state index >= 15 is 0 Å². The highest BCUT2D eigenvalue weighted by Crippen LogP contribution is 2.32. The van der Waals surface area contributed by atoms with Gasteiger partial charge in [0.1, 0.15) is 11.6 Å². The van der Waals surface area contributed by atoms with Crippen LogP contribution in [0.4, 0.5) is 14.5 Å². The van der Waals surface area contributed by atoms with E-state index in [0.29, 0.717) is 18.2 Å². The summed E-state index contributed by atoms with van der Waals surface area (Å²) >= 11 is 3.02. The fourth-order valence-electron chi connectivity index (χ4n) is 2.68. The molecule has 0 spiro atoms. The molecular formula is C15H21BrF2N2. The van der Waals surface area contributed by atoms with Crippen molar-refractivity contribution in [1.29, 1.82) is 0 Å². The van der Waals surface area contributed by atoms with Crippen LogP contribution in [0.5, 0.6) is 0 Å². The Bertz CT molecular complexity index is 503. The Kier molecular flexibility index (Phi) is 4.40. The second-order valence-corrected chi connectivity index (χ2v) is 7.28. The molecule has 1 atom stereocenters. The lowest BCUT2D eigenvalue weighted by Gasteiger charge is -2.47. The molecule has 1 aliphatic heterocycles. The lowest BCUT2D eigenvalue weighted by atomic mass is 9.92. The summed E-state index contributed by atoms with van der Waals surface area (Å²) < 4.78 is 28.2. The fraction of sp³-hybridized carbons (Fsp3) is 0.600. The summed E-state index contributed by atoms with van der Waals surface area (Å²) in [6.07, 6.45) is 0. The van der Waals surface area contributed by atoms with E-state index in [9.17, 15) is 8.78 Å². The second-order valence-electron chi connectivity index (χ2n) is 6.42. The average molecular weight is 347 g/mol. The molecule has 0 saturated carbocycles. The Balaban J connectivity index is 2.43. The molecule has 2 rings (SSSR count). The zero-order valence-electron chi connectivity index (χ0n) is 12.3. The average Bonchev–Trinajstić information content (AvgIpc) is 2.32. The van der Waals surface area contributed by atoms with Gasteiger partial charge in [0, 0.05) is 30.7 Å². The molecule has 0 aliphatic carbocycles. The van der Waals surface area contributed by atoms with Crippen molar-refractivity contribution in [1.82, 2.24) is 5.32 Å². The smallest absolute Gasteiger partial charge is 0.147 e. The lowest BCUT2D eigenvalue weighted by Crippen LogP contribution is -2.63. The Morgan fingerprint density at radius 3 is 2.55 bits per heavy atom. The molecule has 0 bridgehead atoms. The van der Waals surface area contributed by atoms with E-state index in [1.807, 2.05) is 4.90 Å². The highest BCUT2D eigenvalue weighted by atomic mass is 79.9. The van der Waals surface area contributed by atoms with Gasteiger partial charge in [-0.2, -0.15) is 0 Å². The number of benzene rings is 1. The van der Waals surface area contributed by atoms with Crippen molar-refractivity contribution in [3.8, 4) is 0 Å². The maximum Gasteiger partial charge on any atom is 0.147 e. The number of anilines is 1. The number of hydrogen-bond donors (Lipinski definition) is 1. The second kappa shape index (κ2) is 5.60. The Morgan fingerprint density at radius 1 is 1.30 bits per heavy atom. The summed E-state index contributed by atoms with van der Waals surface area (Å²) in [4.78, 5) is 1.99.